The molecular weight excluding hydrogens is 356 g/mol. The van der Waals surface area contributed by atoms with Crippen molar-refractivity contribution in [2.45, 2.75) is 13.1 Å². The molecule has 0 saturated heterocycles. The number of hydrogen-bond donors (Lipinski definition) is 1. The van der Waals surface area contributed by atoms with Crippen molar-refractivity contribution in [3.05, 3.63) is 70.0 Å². The molecule has 1 aliphatic rings. The van der Waals surface area contributed by atoms with Crippen molar-refractivity contribution in [1.82, 2.24) is 19.7 Å². The Morgan fingerprint density at radius 3 is 2.87 bits per heavy atom. The summed E-state index contributed by atoms with van der Waals surface area (Å²) in [5.41, 5.74) is 9.46. The van der Waals surface area contributed by atoms with Crippen LogP contribution in [0, 0.1) is 0 Å². The minimum Gasteiger partial charge on any atom is -0.324 e. The number of rotatable bonds is 2. The van der Waals surface area contributed by atoms with Gasteiger partial charge in [0.15, 0.2) is 11.6 Å². The van der Waals surface area contributed by atoms with E-state index >= 15 is 0 Å². The zero-order valence-corrected chi connectivity index (χ0v) is 13.7. The largest absolute Gasteiger partial charge is 0.324 e. The van der Waals surface area contributed by atoms with Crippen LogP contribution in [0.5, 0.6) is 0 Å². The first-order chi connectivity index (χ1) is 11.3. The Balaban J connectivity index is 2.00. The highest BCUT2D eigenvalue weighted by molar-refractivity contribution is 9.10. The number of nitrogens with zero attached hydrogens (tertiary/aromatic N) is 5. The van der Waals surface area contributed by atoms with Crippen molar-refractivity contribution in [3.63, 3.8) is 0 Å². The maximum atomic E-state index is 5.83. The molecule has 0 bridgehead atoms. The van der Waals surface area contributed by atoms with Gasteiger partial charge in [-0.05, 0) is 30.3 Å². The van der Waals surface area contributed by atoms with Crippen LogP contribution in [0.1, 0.15) is 22.9 Å². The van der Waals surface area contributed by atoms with Crippen LogP contribution in [0.3, 0.4) is 0 Å². The Labute approximate surface area is 141 Å². The molecule has 0 radical (unpaired) electrons. The number of halogens is 1. The minimum atomic E-state index is 0.317. The monoisotopic (exact) mass is 368 g/mol. The molecule has 2 aromatic heterocycles. The fraction of sp³-hybridized carbons (Fsp3) is 0.125. The van der Waals surface area contributed by atoms with Crippen molar-refractivity contribution in [1.29, 1.82) is 0 Å². The highest BCUT2D eigenvalue weighted by Gasteiger charge is 2.23. The van der Waals surface area contributed by atoms with E-state index in [2.05, 4.69) is 31.1 Å². The molecule has 0 aliphatic carbocycles. The van der Waals surface area contributed by atoms with E-state index in [0.29, 0.717) is 13.1 Å². The Bertz CT molecular complexity index is 900. The lowest BCUT2D eigenvalue weighted by Gasteiger charge is -2.13. The fourth-order valence-electron chi connectivity index (χ4n) is 2.71. The highest BCUT2D eigenvalue weighted by Crippen LogP contribution is 2.27. The molecule has 0 spiro atoms. The predicted octanol–water partition coefficient (Wildman–Crippen LogP) is 2.23. The summed E-state index contributed by atoms with van der Waals surface area (Å²) in [6, 6.07) is 11.9. The molecule has 7 heteroatoms. The molecule has 3 aromatic rings. The molecule has 23 heavy (non-hydrogen) atoms. The molecule has 0 saturated carbocycles. The predicted molar refractivity (Wildman–Crippen MR) is 90.5 cm³/mol. The van der Waals surface area contributed by atoms with E-state index in [-0.39, 0.29) is 0 Å². The smallest absolute Gasteiger partial charge is 0.159 e. The number of aromatic nitrogens is 4. The summed E-state index contributed by atoms with van der Waals surface area (Å²) in [5, 5.41) is 8.41. The summed E-state index contributed by atoms with van der Waals surface area (Å²) in [6.45, 7) is 0.753. The van der Waals surface area contributed by atoms with Gasteiger partial charge in [-0.1, -0.05) is 22.0 Å². The molecule has 6 nitrogen and oxygen atoms in total. The van der Waals surface area contributed by atoms with E-state index in [4.69, 9.17) is 10.7 Å². The quantitative estimate of drug-likeness (QED) is 0.751. The normalized spacial score (nSPS) is 13.0. The van der Waals surface area contributed by atoms with E-state index in [0.717, 1.165) is 38.8 Å². The maximum Gasteiger partial charge on any atom is 0.159 e. The Morgan fingerprint density at radius 2 is 2.09 bits per heavy atom. The van der Waals surface area contributed by atoms with Gasteiger partial charge in [-0.15, -0.1) is 10.2 Å². The first-order valence-corrected chi connectivity index (χ1v) is 7.96. The van der Waals surface area contributed by atoms with Crippen LogP contribution in [0.25, 0.3) is 5.69 Å². The molecule has 0 unspecified atom stereocenters. The second-order valence-corrected chi connectivity index (χ2v) is 6.03. The lowest BCUT2D eigenvalue weighted by molar-refractivity contribution is 0.827. The third kappa shape index (κ3) is 2.38. The van der Waals surface area contributed by atoms with Crippen LogP contribution in [0.4, 0.5) is 0 Å². The van der Waals surface area contributed by atoms with E-state index in [9.17, 15) is 0 Å². The summed E-state index contributed by atoms with van der Waals surface area (Å²) in [6.07, 6.45) is 1.77. The number of fused-ring (bicyclic) bond motifs is 3. The van der Waals surface area contributed by atoms with Gasteiger partial charge in [0.25, 0.3) is 0 Å². The summed E-state index contributed by atoms with van der Waals surface area (Å²) in [4.78, 5) is 9.17. The standard InChI is InChI=1S/C16H13BrN6/c17-10-4-5-11-13(7-10)23-14(8-18)21-22-15(23)9-20-16(11)12-3-1-2-6-19-12/h1-7H,8-9,18H2. The van der Waals surface area contributed by atoms with Gasteiger partial charge in [0.1, 0.15) is 6.54 Å². The van der Waals surface area contributed by atoms with Crippen molar-refractivity contribution in [3.8, 4) is 5.69 Å². The number of hydrogen-bond acceptors (Lipinski definition) is 5. The van der Waals surface area contributed by atoms with Crippen LogP contribution in [-0.4, -0.2) is 25.5 Å². The summed E-state index contributed by atoms with van der Waals surface area (Å²) >= 11 is 3.54. The van der Waals surface area contributed by atoms with Gasteiger partial charge in [0.2, 0.25) is 0 Å². The lowest BCUT2D eigenvalue weighted by Crippen LogP contribution is -2.12. The van der Waals surface area contributed by atoms with E-state index < -0.39 is 0 Å². The lowest BCUT2D eigenvalue weighted by atomic mass is 10.0. The third-order valence-corrected chi connectivity index (χ3v) is 4.21. The summed E-state index contributed by atoms with van der Waals surface area (Å²) in [5.74, 6) is 1.49. The van der Waals surface area contributed by atoms with E-state index in [1.165, 1.54) is 0 Å². The SMILES string of the molecule is NCc1nnc2n1-c1cc(Br)ccc1C(c1ccccn1)=NC2. The molecule has 3 heterocycles. The number of aliphatic imine (C=N–C) groups is 1. The molecule has 1 aromatic carbocycles. The Kier molecular flexibility index (Phi) is 3.51. The summed E-state index contributed by atoms with van der Waals surface area (Å²) in [7, 11) is 0. The fourth-order valence-corrected chi connectivity index (χ4v) is 3.06. The van der Waals surface area contributed by atoms with Crippen LogP contribution < -0.4 is 5.73 Å². The van der Waals surface area contributed by atoms with Crippen LogP contribution in [0.2, 0.25) is 0 Å². The van der Waals surface area contributed by atoms with Gasteiger partial charge in [0.05, 0.1) is 23.6 Å². The topological polar surface area (TPSA) is 82.0 Å². The molecule has 4 rings (SSSR count). The Morgan fingerprint density at radius 1 is 1.17 bits per heavy atom. The van der Waals surface area contributed by atoms with Crippen molar-refractivity contribution in [2.75, 3.05) is 0 Å². The molecule has 114 valence electrons. The van der Waals surface area contributed by atoms with Crippen LogP contribution >= 0.6 is 15.9 Å². The maximum absolute atomic E-state index is 5.83. The highest BCUT2D eigenvalue weighted by atomic mass is 79.9. The molecular formula is C16H13BrN6. The first kappa shape index (κ1) is 14.2. The van der Waals surface area contributed by atoms with Gasteiger partial charge in [-0.25, -0.2) is 0 Å². The average molecular weight is 369 g/mol. The molecule has 1 aliphatic heterocycles. The molecule has 2 N–H and O–H groups in total. The van der Waals surface area contributed by atoms with Gasteiger partial charge in [0, 0.05) is 16.2 Å². The molecule has 0 fully saturated rings. The van der Waals surface area contributed by atoms with Crippen molar-refractivity contribution >= 4 is 21.6 Å². The summed E-state index contributed by atoms with van der Waals surface area (Å²) < 4.78 is 2.96. The Hall–Kier alpha value is -2.38. The van der Waals surface area contributed by atoms with Crippen LogP contribution in [-0.2, 0) is 13.1 Å². The van der Waals surface area contributed by atoms with E-state index in [1.54, 1.807) is 6.20 Å². The zero-order chi connectivity index (χ0) is 15.8. The van der Waals surface area contributed by atoms with Gasteiger partial charge >= 0.3 is 0 Å². The van der Waals surface area contributed by atoms with Gasteiger partial charge in [-0.3, -0.25) is 14.5 Å². The van der Waals surface area contributed by atoms with Crippen LogP contribution in [0.15, 0.2) is 52.1 Å². The number of pyridine rings is 1. The second kappa shape index (κ2) is 5.68. The first-order valence-electron chi connectivity index (χ1n) is 7.17. The van der Waals surface area contributed by atoms with Gasteiger partial charge < -0.3 is 5.73 Å². The third-order valence-electron chi connectivity index (χ3n) is 3.72. The van der Waals surface area contributed by atoms with Crippen molar-refractivity contribution < 1.29 is 0 Å². The molecule has 0 atom stereocenters. The molecule has 0 amide bonds. The zero-order valence-electron chi connectivity index (χ0n) is 12.1. The van der Waals surface area contributed by atoms with Gasteiger partial charge in [-0.2, -0.15) is 0 Å². The number of benzene rings is 1. The average Bonchev–Trinajstić information content (AvgIpc) is 2.93. The van der Waals surface area contributed by atoms with E-state index in [1.807, 2.05) is 41.0 Å². The second-order valence-electron chi connectivity index (χ2n) is 5.11. The van der Waals surface area contributed by atoms with Crippen molar-refractivity contribution in [2.24, 2.45) is 10.7 Å². The minimum absolute atomic E-state index is 0.317. The number of nitrogens with two attached hydrogens (primary N) is 1.